The number of benzene rings is 3. The summed E-state index contributed by atoms with van der Waals surface area (Å²) in [5.41, 5.74) is 0.850. The van der Waals surface area contributed by atoms with E-state index in [1.165, 1.54) is 14.2 Å². The van der Waals surface area contributed by atoms with Gasteiger partial charge in [0.15, 0.2) is 36.6 Å². The zero-order chi connectivity index (χ0) is 28.7. The van der Waals surface area contributed by atoms with Crippen LogP contribution in [0.25, 0.3) is 0 Å². The molecule has 40 heavy (non-hydrogen) atoms. The molecule has 3 aromatic rings. The summed E-state index contributed by atoms with van der Waals surface area (Å²) in [6, 6.07) is 19.0. The van der Waals surface area contributed by atoms with Crippen molar-refractivity contribution < 1.29 is 46.7 Å². The Morgan fingerprint density at radius 3 is 1.82 bits per heavy atom. The molecule has 1 atom stereocenters. The van der Waals surface area contributed by atoms with E-state index in [0.29, 0.717) is 17.7 Å². The van der Waals surface area contributed by atoms with E-state index in [9.17, 15) is 4.79 Å². The Morgan fingerprint density at radius 2 is 1.30 bits per heavy atom. The van der Waals surface area contributed by atoms with E-state index in [1.807, 2.05) is 12.1 Å². The van der Waals surface area contributed by atoms with Gasteiger partial charge in [0.05, 0.1) is 26.4 Å². The molecule has 0 aliphatic carbocycles. The Bertz CT molecular complexity index is 1140. The van der Waals surface area contributed by atoms with Crippen molar-refractivity contribution in [1.29, 1.82) is 0 Å². The van der Waals surface area contributed by atoms with Crippen LogP contribution >= 0.6 is 11.6 Å². The Hall–Kier alpha value is -3.28. The summed E-state index contributed by atoms with van der Waals surface area (Å²) in [5, 5.41) is -1.71. The van der Waals surface area contributed by atoms with E-state index >= 15 is 8.78 Å². The molecule has 0 aliphatic heterocycles. The lowest BCUT2D eigenvalue weighted by Gasteiger charge is -2.22. The second kappa shape index (κ2) is 16.7. The van der Waals surface area contributed by atoms with Crippen molar-refractivity contribution in [3.63, 3.8) is 0 Å². The van der Waals surface area contributed by atoms with Crippen LogP contribution in [0.2, 0.25) is 0 Å². The van der Waals surface area contributed by atoms with Crippen LogP contribution in [0.1, 0.15) is 28.2 Å². The van der Waals surface area contributed by atoms with Gasteiger partial charge in [0.2, 0.25) is 11.6 Å². The number of carbonyl (C=O) groups excluding carboxylic acids is 1. The molecule has 0 aromatic heterocycles. The van der Waals surface area contributed by atoms with Crippen molar-refractivity contribution in [1.82, 2.24) is 0 Å². The number of methoxy groups -OCH3 is 2. The molecule has 8 nitrogen and oxygen atoms in total. The van der Waals surface area contributed by atoms with Crippen molar-refractivity contribution in [3.8, 4) is 11.5 Å². The highest BCUT2D eigenvalue weighted by molar-refractivity contribution is 6.30. The lowest BCUT2D eigenvalue weighted by atomic mass is 10.0. The Balaban J connectivity index is 1.85. The van der Waals surface area contributed by atoms with Gasteiger partial charge in [0, 0.05) is 19.8 Å². The Labute approximate surface area is 236 Å². The first-order chi connectivity index (χ1) is 19.5. The average molecular weight is 581 g/mol. The average Bonchev–Trinajstić information content (AvgIpc) is 2.98. The third-order valence-electron chi connectivity index (χ3n) is 5.52. The van der Waals surface area contributed by atoms with Gasteiger partial charge < -0.3 is 33.2 Å². The van der Waals surface area contributed by atoms with Gasteiger partial charge in [-0.3, -0.25) is 4.79 Å². The molecular formula is C29H31ClF2O8. The maximum absolute atomic E-state index is 15.2. The third kappa shape index (κ3) is 8.87. The topological polar surface area (TPSA) is 81.7 Å². The van der Waals surface area contributed by atoms with E-state index in [2.05, 4.69) is 0 Å². The number of rotatable bonds is 17. The number of halogens is 3. The molecule has 0 spiro atoms. The summed E-state index contributed by atoms with van der Waals surface area (Å²) in [5.74, 6) is -4.62. The standard InChI is InChI=1S/C29H31ClF2O8/c1-34-13-15-36-18-38-23-17-22(25(31)26(32)28(23)39-19-37-16-14-35-2)24(30)29(33)40-27(20-9-5-3-6-10-20)21-11-7-4-8-12-21/h3-12,17,24,27H,13-16,18-19H2,1-2H3. The maximum Gasteiger partial charge on any atom is 0.329 e. The first-order valence-electron chi connectivity index (χ1n) is 12.3. The van der Waals surface area contributed by atoms with Crippen LogP contribution in [-0.2, 0) is 28.5 Å². The van der Waals surface area contributed by atoms with Crippen molar-refractivity contribution in [2.24, 2.45) is 0 Å². The third-order valence-corrected chi connectivity index (χ3v) is 5.94. The molecule has 0 amide bonds. The molecule has 11 heteroatoms. The molecular weight excluding hydrogens is 550 g/mol. The van der Waals surface area contributed by atoms with Crippen molar-refractivity contribution in [2.45, 2.75) is 11.5 Å². The highest BCUT2D eigenvalue weighted by Crippen LogP contribution is 2.39. The van der Waals surface area contributed by atoms with Crippen molar-refractivity contribution in [3.05, 3.63) is 95.1 Å². The van der Waals surface area contributed by atoms with Crippen molar-refractivity contribution >= 4 is 17.6 Å². The van der Waals surface area contributed by atoms with Crippen LogP contribution in [0.3, 0.4) is 0 Å². The van der Waals surface area contributed by atoms with Crippen LogP contribution in [0.5, 0.6) is 11.5 Å². The van der Waals surface area contributed by atoms with Gasteiger partial charge in [0.1, 0.15) is 0 Å². The first kappa shape index (κ1) is 31.3. The molecule has 0 saturated heterocycles. The van der Waals surface area contributed by atoms with E-state index in [4.69, 9.17) is 44.8 Å². The molecule has 0 saturated carbocycles. The number of esters is 1. The molecule has 3 rings (SSSR count). The minimum absolute atomic E-state index is 0.161. The van der Waals surface area contributed by atoms with Gasteiger partial charge >= 0.3 is 5.97 Å². The SMILES string of the molecule is COCCOCOc1cc(C(Cl)C(=O)OC(c2ccccc2)c2ccccc2)c(F)c(F)c1OCOCCOC. The number of alkyl halides is 1. The summed E-state index contributed by atoms with van der Waals surface area (Å²) < 4.78 is 67.2. The van der Waals surface area contributed by atoms with Crippen LogP contribution in [0, 0.1) is 11.6 Å². The summed E-state index contributed by atoms with van der Waals surface area (Å²) in [7, 11) is 2.99. The van der Waals surface area contributed by atoms with Gasteiger partial charge in [-0.25, -0.2) is 4.39 Å². The predicted molar refractivity (Wildman–Crippen MR) is 142 cm³/mol. The normalized spacial score (nSPS) is 11.8. The van der Waals surface area contributed by atoms with Crippen molar-refractivity contribution in [2.75, 3.05) is 54.2 Å². The number of carbonyl (C=O) groups is 1. The second-order valence-corrected chi connectivity index (χ2v) is 8.68. The van der Waals surface area contributed by atoms with Gasteiger partial charge in [-0.1, -0.05) is 60.7 Å². The maximum atomic E-state index is 15.2. The fourth-order valence-corrected chi connectivity index (χ4v) is 3.74. The van der Waals surface area contributed by atoms with Crippen LogP contribution in [-0.4, -0.2) is 60.2 Å². The monoisotopic (exact) mass is 580 g/mol. The molecule has 0 radical (unpaired) electrons. The first-order valence-corrected chi connectivity index (χ1v) is 12.8. The molecule has 0 N–H and O–H groups in total. The lowest BCUT2D eigenvalue weighted by molar-refractivity contribution is -0.147. The summed E-state index contributed by atoms with van der Waals surface area (Å²) in [6.07, 6.45) is -0.833. The molecule has 216 valence electrons. The van der Waals surface area contributed by atoms with Crippen LogP contribution < -0.4 is 9.47 Å². The summed E-state index contributed by atoms with van der Waals surface area (Å²) >= 11 is 6.38. The molecule has 3 aromatic carbocycles. The zero-order valence-electron chi connectivity index (χ0n) is 22.1. The minimum Gasteiger partial charge on any atom is -0.464 e. The molecule has 0 bridgehead atoms. The van der Waals surface area contributed by atoms with Gasteiger partial charge in [-0.2, -0.15) is 4.39 Å². The molecule has 0 heterocycles. The van der Waals surface area contributed by atoms with E-state index < -0.39 is 47.2 Å². The number of hydrogen-bond acceptors (Lipinski definition) is 8. The minimum atomic E-state index is -1.71. The molecule has 1 unspecified atom stereocenters. The Kier molecular flexibility index (Phi) is 13.1. The molecule has 0 aliphatic rings. The fraction of sp³-hybridized carbons (Fsp3) is 0.345. The summed E-state index contributed by atoms with van der Waals surface area (Å²) in [4.78, 5) is 13.2. The number of hydrogen-bond donors (Lipinski definition) is 0. The second-order valence-electron chi connectivity index (χ2n) is 8.25. The smallest absolute Gasteiger partial charge is 0.329 e. The van der Waals surface area contributed by atoms with Gasteiger partial charge in [0.25, 0.3) is 0 Å². The van der Waals surface area contributed by atoms with Crippen LogP contribution in [0.4, 0.5) is 8.78 Å². The highest BCUT2D eigenvalue weighted by atomic mass is 35.5. The van der Waals surface area contributed by atoms with E-state index in [1.54, 1.807) is 48.5 Å². The number of ether oxygens (including phenoxy) is 7. The van der Waals surface area contributed by atoms with Gasteiger partial charge in [-0.05, 0) is 17.2 Å². The fourth-order valence-electron chi connectivity index (χ4n) is 3.53. The summed E-state index contributed by atoms with van der Waals surface area (Å²) in [6.45, 7) is 0.169. The molecule has 0 fully saturated rings. The quantitative estimate of drug-likeness (QED) is 0.0886. The largest absolute Gasteiger partial charge is 0.464 e. The lowest BCUT2D eigenvalue weighted by Crippen LogP contribution is -2.19. The zero-order valence-corrected chi connectivity index (χ0v) is 22.9. The van der Waals surface area contributed by atoms with Crippen LogP contribution in [0.15, 0.2) is 66.7 Å². The Morgan fingerprint density at radius 1 is 0.775 bits per heavy atom. The van der Waals surface area contributed by atoms with E-state index in [-0.39, 0.29) is 32.4 Å². The van der Waals surface area contributed by atoms with E-state index in [0.717, 1.165) is 6.07 Å². The van der Waals surface area contributed by atoms with Gasteiger partial charge in [-0.15, -0.1) is 11.6 Å². The highest BCUT2D eigenvalue weighted by Gasteiger charge is 2.31. The predicted octanol–water partition coefficient (Wildman–Crippen LogP) is 5.58.